The van der Waals surface area contributed by atoms with Crippen molar-refractivity contribution < 1.29 is 0 Å². The Balaban J connectivity index is 2.83. The number of rotatable bonds is 7. The first kappa shape index (κ1) is 18.5. The molecule has 0 spiro atoms. The van der Waals surface area contributed by atoms with Crippen molar-refractivity contribution in [3.8, 4) is 0 Å². The third kappa shape index (κ3) is 6.06. The maximum Gasteiger partial charge on any atom is 0.191 e. The molecule has 4 heteroatoms. The highest BCUT2D eigenvalue weighted by Gasteiger charge is 2.14. The number of benzene rings is 1. The minimum absolute atomic E-state index is 0.285. The molecule has 0 aliphatic rings. The fourth-order valence-corrected chi connectivity index (χ4v) is 2.19. The van der Waals surface area contributed by atoms with Crippen LogP contribution in [0.15, 0.2) is 29.3 Å². The molecule has 1 aromatic carbocycles. The fraction of sp³-hybridized carbons (Fsp3) is 0.611. The smallest absolute Gasteiger partial charge is 0.191 e. The van der Waals surface area contributed by atoms with Crippen LogP contribution in [-0.4, -0.2) is 44.1 Å². The van der Waals surface area contributed by atoms with E-state index in [2.05, 4.69) is 81.6 Å². The summed E-state index contributed by atoms with van der Waals surface area (Å²) in [7, 11) is 4.21. The molecule has 22 heavy (non-hydrogen) atoms. The molecule has 1 aromatic rings. The highest BCUT2D eigenvalue weighted by atomic mass is 15.2. The molecule has 0 radical (unpaired) electrons. The van der Waals surface area contributed by atoms with Crippen LogP contribution in [0.5, 0.6) is 0 Å². The van der Waals surface area contributed by atoms with Crippen LogP contribution in [0.1, 0.15) is 44.4 Å². The van der Waals surface area contributed by atoms with E-state index < -0.39 is 0 Å². The maximum atomic E-state index is 4.77. The molecule has 2 unspecified atom stereocenters. The molecule has 0 aromatic heterocycles. The van der Waals surface area contributed by atoms with E-state index in [1.807, 2.05) is 0 Å². The number of hydrogen-bond donors (Lipinski definition) is 2. The van der Waals surface area contributed by atoms with Crippen LogP contribution < -0.4 is 10.6 Å². The Hall–Kier alpha value is -1.55. The Labute approximate surface area is 136 Å². The normalized spacial score (nSPS) is 14.8. The summed E-state index contributed by atoms with van der Waals surface area (Å²) in [6.45, 7) is 10.2. The van der Waals surface area contributed by atoms with Gasteiger partial charge in [0.1, 0.15) is 0 Å². The zero-order chi connectivity index (χ0) is 16.5. The van der Waals surface area contributed by atoms with Gasteiger partial charge in [0.15, 0.2) is 5.96 Å². The van der Waals surface area contributed by atoms with Crippen molar-refractivity contribution in [2.75, 3.05) is 27.2 Å². The predicted octanol–water partition coefficient (Wildman–Crippen LogP) is 2.95. The lowest BCUT2D eigenvalue weighted by atomic mass is 10.0. The molecule has 2 N–H and O–H groups in total. The zero-order valence-corrected chi connectivity index (χ0v) is 15.0. The second kappa shape index (κ2) is 9.46. The lowest BCUT2D eigenvalue weighted by molar-refractivity contribution is 0.306. The Morgan fingerprint density at radius 1 is 1.18 bits per heavy atom. The van der Waals surface area contributed by atoms with Gasteiger partial charge in [0.05, 0.1) is 12.6 Å². The Bertz CT molecular complexity index is 451. The molecular weight excluding hydrogens is 272 g/mol. The van der Waals surface area contributed by atoms with E-state index in [0.717, 1.165) is 25.5 Å². The van der Waals surface area contributed by atoms with Crippen LogP contribution >= 0.6 is 0 Å². The number of likely N-dealkylation sites (N-methyl/N-ethyl adjacent to an activating group) is 1. The molecule has 0 fully saturated rings. The first-order chi connectivity index (χ1) is 10.5. The van der Waals surface area contributed by atoms with Gasteiger partial charge in [0.25, 0.3) is 0 Å². The van der Waals surface area contributed by atoms with Crippen LogP contribution in [-0.2, 0) is 0 Å². The van der Waals surface area contributed by atoms with E-state index in [-0.39, 0.29) is 6.04 Å². The monoisotopic (exact) mass is 304 g/mol. The number of nitrogens with one attached hydrogen (secondary N) is 2. The highest BCUT2D eigenvalue weighted by Crippen LogP contribution is 2.19. The van der Waals surface area contributed by atoms with E-state index in [4.69, 9.17) is 4.99 Å². The summed E-state index contributed by atoms with van der Waals surface area (Å²) >= 11 is 0. The van der Waals surface area contributed by atoms with Crippen molar-refractivity contribution in [1.82, 2.24) is 15.5 Å². The minimum Gasteiger partial charge on any atom is -0.357 e. The van der Waals surface area contributed by atoms with Crippen LogP contribution in [0.3, 0.4) is 0 Å². The Morgan fingerprint density at radius 3 is 2.32 bits per heavy atom. The predicted molar refractivity (Wildman–Crippen MR) is 96.5 cm³/mol. The van der Waals surface area contributed by atoms with Crippen molar-refractivity contribution >= 4 is 5.96 Å². The standard InChI is InChI=1S/C18H32N4/c1-7-15(4)21-18(19-8-2)20-13-17(22(5)6)16-11-9-14(3)10-12-16/h9-12,15,17H,7-8,13H2,1-6H3,(H2,19,20,21). The molecule has 0 bridgehead atoms. The summed E-state index contributed by atoms with van der Waals surface area (Å²) in [6, 6.07) is 9.44. The van der Waals surface area contributed by atoms with E-state index in [1.54, 1.807) is 0 Å². The third-order valence-corrected chi connectivity index (χ3v) is 3.85. The average molecular weight is 304 g/mol. The summed E-state index contributed by atoms with van der Waals surface area (Å²) < 4.78 is 0. The van der Waals surface area contributed by atoms with Gasteiger partial charge < -0.3 is 15.5 Å². The molecule has 0 aliphatic carbocycles. The van der Waals surface area contributed by atoms with Gasteiger partial charge in [-0.25, -0.2) is 0 Å². The molecule has 0 saturated carbocycles. The van der Waals surface area contributed by atoms with E-state index in [0.29, 0.717) is 6.04 Å². The van der Waals surface area contributed by atoms with Gasteiger partial charge in [-0.2, -0.15) is 0 Å². The lowest BCUT2D eigenvalue weighted by Gasteiger charge is -2.24. The maximum absolute atomic E-state index is 4.77. The summed E-state index contributed by atoms with van der Waals surface area (Å²) in [5.41, 5.74) is 2.59. The van der Waals surface area contributed by atoms with Gasteiger partial charge >= 0.3 is 0 Å². The van der Waals surface area contributed by atoms with Crippen LogP contribution in [0.25, 0.3) is 0 Å². The minimum atomic E-state index is 0.285. The summed E-state index contributed by atoms with van der Waals surface area (Å²) in [5.74, 6) is 0.899. The second-order valence-corrected chi connectivity index (χ2v) is 6.06. The van der Waals surface area contributed by atoms with Gasteiger partial charge in [0, 0.05) is 12.6 Å². The Morgan fingerprint density at radius 2 is 1.82 bits per heavy atom. The first-order valence-corrected chi connectivity index (χ1v) is 8.25. The van der Waals surface area contributed by atoms with Gasteiger partial charge in [-0.1, -0.05) is 36.8 Å². The van der Waals surface area contributed by atoms with E-state index in [9.17, 15) is 0 Å². The van der Waals surface area contributed by atoms with E-state index in [1.165, 1.54) is 11.1 Å². The van der Waals surface area contributed by atoms with Gasteiger partial charge in [-0.15, -0.1) is 0 Å². The molecule has 2 atom stereocenters. The number of nitrogens with zero attached hydrogens (tertiary/aromatic N) is 2. The second-order valence-electron chi connectivity index (χ2n) is 6.06. The molecule has 0 amide bonds. The molecule has 0 heterocycles. The van der Waals surface area contributed by atoms with Crippen molar-refractivity contribution in [3.05, 3.63) is 35.4 Å². The molecule has 124 valence electrons. The van der Waals surface area contributed by atoms with Gasteiger partial charge in [0.2, 0.25) is 0 Å². The topological polar surface area (TPSA) is 39.7 Å². The Kier molecular flexibility index (Phi) is 7.96. The first-order valence-electron chi connectivity index (χ1n) is 8.25. The molecular formula is C18H32N4. The van der Waals surface area contributed by atoms with Crippen molar-refractivity contribution in [1.29, 1.82) is 0 Å². The zero-order valence-electron chi connectivity index (χ0n) is 15.0. The summed E-state index contributed by atoms with van der Waals surface area (Å²) in [5, 5.41) is 6.77. The largest absolute Gasteiger partial charge is 0.357 e. The van der Waals surface area contributed by atoms with Crippen molar-refractivity contribution in [3.63, 3.8) is 0 Å². The number of aliphatic imine (C=N–C) groups is 1. The average Bonchev–Trinajstić information content (AvgIpc) is 2.48. The number of guanidine groups is 1. The lowest BCUT2D eigenvalue weighted by Crippen LogP contribution is -2.42. The van der Waals surface area contributed by atoms with Gasteiger partial charge in [-0.05, 0) is 46.9 Å². The quantitative estimate of drug-likeness (QED) is 0.601. The molecule has 0 saturated heterocycles. The molecule has 4 nitrogen and oxygen atoms in total. The van der Waals surface area contributed by atoms with Crippen LogP contribution in [0.4, 0.5) is 0 Å². The fourth-order valence-electron chi connectivity index (χ4n) is 2.19. The van der Waals surface area contributed by atoms with Crippen molar-refractivity contribution in [2.45, 2.75) is 46.2 Å². The van der Waals surface area contributed by atoms with Crippen molar-refractivity contribution in [2.24, 2.45) is 4.99 Å². The third-order valence-electron chi connectivity index (χ3n) is 3.85. The number of hydrogen-bond acceptors (Lipinski definition) is 2. The van der Waals surface area contributed by atoms with Gasteiger partial charge in [-0.3, -0.25) is 4.99 Å². The summed E-state index contributed by atoms with van der Waals surface area (Å²) in [4.78, 5) is 7.00. The molecule has 0 aliphatic heterocycles. The highest BCUT2D eigenvalue weighted by molar-refractivity contribution is 5.80. The van der Waals surface area contributed by atoms with Crippen LogP contribution in [0.2, 0.25) is 0 Å². The van der Waals surface area contributed by atoms with E-state index >= 15 is 0 Å². The summed E-state index contributed by atoms with van der Waals surface area (Å²) in [6.07, 6.45) is 1.08. The number of aryl methyl sites for hydroxylation is 1. The SMILES string of the molecule is CCNC(=NCC(c1ccc(C)cc1)N(C)C)NC(C)CC. The van der Waals surface area contributed by atoms with Crippen LogP contribution in [0, 0.1) is 6.92 Å². The molecule has 1 rings (SSSR count).